The molecule has 3 heteroatoms. The van der Waals surface area contributed by atoms with Crippen molar-refractivity contribution >= 4 is 11.6 Å². The van der Waals surface area contributed by atoms with Gasteiger partial charge in [-0.3, -0.25) is 4.79 Å². The fraction of sp³-hybridized carbons (Fsp3) is 0.588. The summed E-state index contributed by atoms with van der Waals surface area (Å²) in [4.78, 5) is 11.7. The number of nitrogens with one attached hydrogen (secondary N) is 2. The highest BCUT2D eigenvalue weighted by molar-refractivity contribution is 5.95. The van der Waals surface area contributed by atoms with Gasteiger partial charge in [0.1, 0.15) is 0 Å². The van der Waals surface area contributed by atoms with Gasteiger partial charge in [-0.05, 0) is 49.3 Å². The van der Waals surface area contributed by atoms with Crippen LogP contribution in [-0.2, 0) is 0 Å². The van der Waals surface area contributed by atoms with E-state index in [1.54, 1.807) is 7.05 Å². The van der Waals surface area contributed by atoms with Crippen LogP contribution in [0.25, 0.3) is 0 Å². The topological polar surface area (TPSA) is 41.1 Å². The molecule has 3 nitrogen and oxygen atoms in total. The molecule has 20 heavy (non-hydrogen) atoms. The van der Waals surface area contributed by atoms with Gasteiger partial charge in [-0.2, -0.15) is 0 Å². The summed E-state index contributed by atoms with van der Waals surface area (Å²) >= 11 is 0. The molecule has 1 amide bonds. The number of anilines is 1. The molecule has 3 atom stereocenters. The Balaban J connectivity index is 2.17. The van der Waals surface area contributed by atoms with Gasteiger partial charge in [0.2, 0.25) is 0 Å². The molecule has 2 rings (SSSR count). The highest BCUT2D eigenvalue weighted by Gasteiger charge is 2.25. The van der Waals surface area contributed by atoms with Crippen LogP contribution in [0.2, 0.25) is 0 Å². The molecule has 1 aromatic rings. The van der Waals surface area contributed by atoms with E-state index < -0.39 is 0 Å². The van der Waals surface area contributed by atoms with E-state index in [0.717, 1.165) is 17.2 Å². The second-order valence-electron chi connectivity index (χ2n) is 6.26. The molecule has 0 saturated heterocycles. The number of aryl methyl sites for hydroxylation is 1. The van der Waals surface area contributed by atoms with Crippen LogP contribution in [0, 0.1) is 18.8 Å². The zero-order valence-electron chi connectivity index (χ0n) is 13.0. The minimum absolute atomic E-state index is 0.0295. The maximum absolute atomic E-state index is 11.7. The van der Waals surface area contributed by atoms with Gasteiger partial charge < -0.3 is 10.6 Å². The first-order valence-corrected chi connectivity index (χ1v) is 7.60. The highest BCUT2D eigenvalue weighted by Crippen LogP contribution is 2.31. The summed E-state index contributed by atoms with van der Waals surface area (Å²) < 4.78 is 0. The molecule has 1 aromatic carbocycles. The summed E-state index contributed by atoms with van der Waals surface area (Å²) in [5.41, 5.74) is 3.01. The molecule has 0 bridgehead atoms. The van der Waals surface area contributed by atoms with Crippen LogP contribution < -0.4 is 10.6 Å². The Bertz CT molecular complexity index is 484. The Hall–Kier alpha value is -1.51. The largest absolute Gasteiger partial charge is 0.382 e. The van der Waals surface area contributed by atoms with Crippen LogP contribution in [0.1, 0.15) is 49.0 Å². The van der Waals surface area contributed by atoms with Gasteiger partial charge >= 0.3 is 0 Å². The average Bonchev–Trinajstić information content (AvgIpc) is 2.44. The monoisotopic (exact) mass is 274 g/mol. The number of benzene rings is 1. The van der Waals surface area contributed by atoms with Gasteiger partial charge in [0.05, 0.1) is 0 Å². The van der Waals surface area contributed by atoms with E-state index in [-0.39, 0.29) is 5.91 Å². The van der Waals surface area contributed by atoms with Crippen molar-refractivity contribution in [2.45, 2.75) is 46.1 Å². The molecule has 0 aliphatic heterocycles. The van der Waals surface area contributed by atoms with Crippen molar-refractivity contribution in [2.75, 3.05) is 12.4 Å². The molecule has 2 N–H and O–H groups in total. The summed E-state index contributed by atoms with van der Waals surface area (Å²) in [6, 6.07) is 6.38. The summed E-state index contributed by atoms with van der Waals surface area (Å²) in [6.07, 6.45) is 3.83. The number of rotatable bonds is 3. The first-order chi connectivity index (χ1) is 9.51. The summed E-state index contributed by atoms with van der Waals surface area (Å²) in [6.45, 7) is 6.74. The van der Waals surface area contributed by atoms with E-state index in [0.29, 0.717) is 12.0 Å². The first-order valence-electron chi connectivity index (χ1n) is 7.60. The van der Waals surface area contributed by atoms with Crippen LogP contribution in [0.4, 0.5) is 5.69 Å². The van der Waals surface area contributed by atoms with Crippen LogP contribution in [0.3, 0.4) is 0 Å². The molecule has 1 fully saturated rings. The fourth-order valence-corrected chi connectivity index (χ4v) is 3.00. The summed E-state index contributed by atoms with van der Waals surface area (Å²) in [7, 11) is 1.67. The maximum atomic E-state index is 11.7. The van der Waals surface area contributed by atoms with Crippen LogP contribution in [0.15, 0.2) is 18.2 Å². The Kier molecular flexibility index (Phi) is 4.69. The van der Waals surface area contributed by atoms with Gasteiger partial charge in [0.25, 0.3) is 5.91 Å². The van der Waals surface area contributed by atoms with E-state index in [4.69, 9.17) is 0 Å². The fourth-order valence-electron chi connectivity index (χ4n) is 3.00. The molecule has 110 valence electrons. The lowest BCUT2D eigenvalue weighted by molar-refractivity contribution is 0.0963. The van der Waals surface area contributed by atoms with E-state index >= 15 is 0 Å². The van der Waals surface area contributed by atoms with Crippen LogP contribution in [-0.4, -0.2) is 19.0 Å². The van der Waals surface area contributed by atoms with Gasteiger partial charge in [0, 0.05) is 24.3 Å². The maximum Gasteiger partial charge on any atom is 0.251 e. The van der Waals surface area contributed by atoms with E-state index in [1.807, 2.05) is 18.2 Å². The molecule has 1 aliphatic rings. The minimum Gasteiger partial charge on any atom is -0.382 e. The summed E-state index contributed by atoms with van der Waals surface area (Å²) in [5, 5.41) is 6.35. The molecular formula is C17H26N2O. The second kappa shape index (κ2) is 6.29. The van der Waals surface area contributed by atoms with E-state index in [2.05, 4.69) is 31.4 Å². The van der Waals surface area contributed by atoms with Crippen molar-refractivity contribution in [2.24, 2.45) is 11.8 Å². The molecule has 1 aliphatic carbocycles. The Morgan fingerprint density at radius 1 is 1.25 bits per heavy atom. The van der Waals surface area contributed by atoms with Gasteiger partial charge in [-0.15, -0.1) is 0 Å². The molecule has 0 radical (unpaired) electrons. The van der Waals surface area contributed by atoms with Crippen molar-refractivity contribution in [3.8, 4) is 0 Å². The zero-order chi connectivity index (χ0) is 14.7. The predicted molar refractivity (Wildman–Crippen MR) is 84.2 cm³/mol. The van der Waals surface area contributed by atoms with Crippen LogP contribution >= 0.6 is 0 Å². The number of carbonyl (C=O) groups is 1. The number of carbonyl (C=O) groups excluding carboxylic acids is 1. The third-order valence-electron chi connectivity index (χ3n) is 4.53. The van der Waals surface area contributed by atoms with Crippen molar-refractivity contribution in [1.29, 1.82) is 0 Å². The quantitative estimate of drug-likeness (QED) is 0.884. The van der Waals surface area contributed by atoms with E-state index in [1.165, 1.54) is 24.8 Å². The first kappa shape index (κ1) is 14.9. The lowest BCUT2D eigenvalue weighted by Crippen LogP contribution is -2.33. The highest BCUT2D eigenvalue weighted by atomic mass is 16.1. The molecular weight excluding hydrogens is 248 g/mol. The summed E-state index contributed by atoms with van der Waals surface area (Å²) in [5.74, 6) is 1.44. The standard InChI is InChI=1S/C17H26N2O/c1-11-5-6-12(2)15(9-11)19-16-10-14(17(20)18-4)8-7-13(16)3/h7-8,10-12,15,19H,5-6,9H2,1-4H3,(H,18,20). The van der Waals surface area contributed by atoms with Gasteiger partial charge in [0.15, 0.2) is 0 Å². The Morgan fingerprint density at radius 2 is 2.00 bits per heavy atom. The van der Waals surface area contributed by atoms with Crippen molar-refractivity contribution < 1.29 is 4.79 Å². The molecule has 3 unspecified atom stereocenters. The molecule has 0 heterocycles. The number of hydrogen-bond acceptors (Lipinski definition) is 2. The number of hydrogen-bond donors (Lipinski definition) is 2. The van der Waals surface area contributed by atoms with Crippen molar-refractivity contribution in [3.05, 3.63) is 29.3 Å². The Labute approximate surface area is 122 Å². The SMILES string of the molecule is CNC(=O)c1ccc(C)c(NC2CC(C)CCC2C)c1. The second-order valence-corrected chi connectivity index (χ2v) is 6.26. The minimum atomic E-state index is -0.0295. The zero-order valence-corrected chi connectivity index (χ0v) is 13.0. The normalized spacial score (nSPS) is 26.1. The van der Waals surface area contributed by atoms with Crippen molar-refractivity contribution in [1.82, 2.24) is 5.32 Å². The van der Waals surface area contributed by atoms with Gasteiger partial charge in [-0.1, -0.05) is 26.3 Å². The lowest BCUT2D eigenvalue weighted by Gasteiger charge is -2.34. The molecule has 0 spiro atoms. The lowest BCUT2D eigenvalue weighted by atomic mass is 9.80. The van der Waals surface area contributed by atoms with Gasteiger partial charge in [-0.25, -0.2) is 0 Å². The van der Waals surface area contributed by atoms with Crippen LogP contribution in [0.5, 0.6) is 0 Å². The number of amides is 1. The average molecular weight is 274 g/mol. The smallest absolute Gasteiger partial charge is 0.251 e. The predicted octanol–water partition coefficient (Wildman–Crippen LogP) is 3.59. The third kappa shape index (κ3) is 3.33. The van der Waals surface area contributed by atoms with E-state index in [9.17, 15) is 4.79 Å². The molecule has 0 aromatic heterocycles. The molecule has 1 saturated carbocycles. The van der Waals surface area contributed by atoms with Crippen molar-refractivity contribution in [3.63, 3.8) is 0 Å². The Morgan fingerprint density at radius 3 is 2.70 bits per heavy atom. The third-order valence-corrected chi connectivity index (χ3v) is 4.53.